The third-order valence-corrected chi connectivity index (χ3v) is 6.15. The quantitative estimate of drug-likeness (QED) is 0.382. The second-order valence-corrected chi connectivity index (χ2v) is 9.11. The van der Waals surface area contributed by atoms with Crippen LogP contribution in [-0.2, 0) is 10.8 Å². The Morgan fingerprint density at radius 3 is 2.10 bits per heavy atom. The predicted octanol–water partition coefficient (Wildman–Crippen LogP) is 5.63. The molecule has 5 nitrogen and oxygen atoms in total. The zero-order chi connectivity index (χ0) is 22.1. The molecule has 5 heteroatoms. The Kier molecular flexibility index (Phi) is 5.75. The molecule has 0 bridgehead atoms. The van der Waals surface area contributed by atoms with Crippen LogP contribution in [0.1, 0.15) is 73.1 Å². The van der Waals surface area contributed by atoms with Gasteiger partial charge in [0.1, 0.15) is 11.5 Å². The molecule has 1 aliphatic rings. The van der Waals surface area contributed by atoms with Gasteiger partial charge in [-0.05, 0) is 70.7 Å². The number of allylic oxidation sites excluding steroid dienone is 1. The highest BCUT2D eigenvalue weighted by Gasteiger charge is 2.38. The number of hydrogen-bond donors (Lipinski definition) is 2. The molecule has 0 radical (unpaired) electrons. The average molecular weight is 408 g/mol. The molecule has 2 aromatic carbocycles. The van der Waals surface area contributed by atoms with E-state index < -0.39 is 5.97 Å². The van der Waals surface area contributed by atoms with Gasteiger partial charge in [-0.25, -0.2) is 4.79 Å². The molecule has 0 amide bonds. The number of nitrogens with zero attached hydrogens (tertiary/aromatic N) is 1. The number of rotatable bonds is 5. The van der Waals surface area contributed by atoms with Gasteiger partial charge in [0.15, 0.2) is 0 Å². The van der Waals surface area contributed by atoms with Crippen LogP contribution >= 0.6 is 0 Å². The largest absolute Gasteiger partial charge is 0.496 e. The number of ether oxygens (including phenoxy) is 1. The van der Waals surface area contributed by atoms with Crippen molar-refractivity contribution in [1.29, 1.82) is 0 Å². The minimum Gasteiger partial charge on any atom is -0.496 e. The summed E-state index contributed by atoms with van der Waals surface area (Å²) in [5, 5.41) is 22.3. The second-order valence-electron chi connectivity index (χ2n) is 9.11. The summed E-state index contributed by atoms with van der Waals surface area (Å²) in [5.41, 5.74) is 4.72. The van der Waals surface area contributed by atoms with Crippen molar-refractivity contribution in [2.75, 3.05) is 7.11 Å². The van der Waals surface area contributed by atoms with Crippen LogP contribution in [0.2, 0.25) is 0 Å². The summed E-state index contributed by atoms with van der Waals surface area (Å²) in [5.74, 6) is -0.300. The molecule has 0 spiro atoms. The molecule has 158 valence electrons. The number of hydrogen-bond acceptors (Lipinski definition) is 4. The molecule has 0 unspecified atom stereocenters. The first-order chi connectivity index (χ1) is 14.1. The number of aromatic carboxylic acids is 1. The topological polar surface area (TPSA) is 79.1 Å². The SMILES string of the molecule is COc1cc2c(cc1C(/C=C\c1ccc(C(=O)O)cc1)=NO)C(C)(C)CCC2(C)C. The molecular formula is C25H29NO4. The van der Waals surface area contributed by atoms with E-state index in [9.17, 15) is 10.0 Å². The van der Waals surface area contributed by atoms with Crippen molar-refractivity contribution in [2.45, 2.75) is 51.4 Å². The molecule has 0 aliphatic heterocycles. The predicted molar refractivity (Wildman–Crippen MR) is 119 cm³/mol. The van der Waals surface area contributed by atoms with E-state index in [-0.39, 0.29) is 16.4 Å². The van der Waals surface area contributed by atoms with Crippen LogP contribution in [0.25, 0.3) is 6.08 Å². The summed E-state index contributed by atoms with van der Waals surface area (Å²) >= 11 is 0. The normalized spacial score (nSPS) is 17.6. The minimum absolute atomic E-state index is 0.0167. The van der Waals surface area contributed by atoms with Crippen molar-refractivity contribution in [1.82, 2.24) is 0 Å². The molecule has 2 aromatic rings. The molecule has 0 atom stereocenters. The fourth-order valence-electron chi connectivity index (χ4n) is 4.05. The van der Waals surface area contributed by atoms with Crippen molar-refractivity contribution in [3.63, 3.8) is 0 Å². The van der Waals surface area contributed by atoms with E-state index >= 15 is 0 Å². The van der Waals surface area contributed by atoms with Crippen LogP contribution in [0.4, 0.5) is 0 Å². The number of fused-ring (bicyclic) bond motifs is 1. The van der Waals surface area contributed by atoms with E-state index in [1.807, 2.05) is 0 Å². The van der Waals surface area contributed by atoms with Gasteiger partial charge >= 0.3 is 5.97 Å². The lowest BCUT2D eigenvalue weighted by molar-refractivity contribution is 0.0697. The van der Waals surface area contributed by atoms with Gasteiger partial charge < -0.3 is 15.1 Å². The van der Waals surface area contributed by atoms with Crippen LogP contribution in [0.3, 0.4) is 0 Å². The lowest BCUT2D eigenvalue weighted by atomic mass is 9.63. The Morgan fingerprint density at radius 1 is 1.03 bits per heavy atom. The number of oxime groups is 1. The lowest BCUT2D eigenvalue weighted by Crippen LogP contribution is -2.34. The number of methoxy groups -OCH3 is 1. The van der Waals surface area contributed by atoms with Gasteiger partial charge in [-0.2, -0.15) is 0 Å². The maximum atomic E-state index is 11.0. The summed E-state index contributed by atoms with van der Waals surface area (Å²) in [6, 6.07) is 10.7. The minimum atomic E-state index is -0.965. The highest BCUT2D eigenvalue weighted by Crippen LogP contribution is 2.47. The number of carboxylic acid groups (broad SMARTS) is 1. The van der Waals surface area contributed by atoms with Gasteiger partial charge in [0.2, 0.25) is 0 Å². The van der Waals surface area contributed by atoms with Gasteiger partial charge in [-0.1, -0.05) is 51.1 Å². The number of benzene rings is 2. The maximum absolute atomic E-state index is 11.0. The molecule has 0 saturated heterocycles. The second kappa shape index (κ2) is 7.98. The molecule has 1 aliphatic carbocycles. The zero-order valence-corrected chi connectivity index (χ0v) is 18.2. The summed E-state index contributed by atoms with van der Waals surface area (Å²) in [6.07, 6.45) is 5.68. The van der Waals surface area contributed by atoms with Crippen molar-refractivity contribution in [2.24, 2.45) is 5.16 Å². The summed E-state index contributed by atoms with van der Waals surface area (Å²) in [4.78, 5) is 11.0. The summed E-state index contributed by atoms with van der Waals surface area (Å²) in [7, 11) is 1.62. The van der Waals surface area contributed by atoms with Gasteiger partial charge in [-0.15, -0.1) is 0 Å². The summed E-state index contributed by atoms with van der Waals surface area (Å²) in [6.45, 7) is 8.99. The Morgan fingerprint density at radius 2 is 1.60 bits per heavy atom. The van der Waals surface area contributed by atoms with Crippen molar-refractivity contribution in [3.05, 3.63) is 70.3 Å². The standard InChI is InChI=1S/C25H29NO4/c1-24(2)12-13-25(3,4)20-15-22(30-5)18(14-19(20)24)21(26-29)11-8-16-6-9-17(10-7-16)23(27)28/h6-11,14-15,29H,12-13H2,1-5H3,(H,27,28)/b11-8-,26-21?. The van der Waals surface area contributed by atoms with Gasteiger partial charge in [-0.3, -0.25) is 0 Å². The van der Waals surface area contributed by atoms with Gasteiger partial charge in [0.25, 0.3) is 0 Å². The van der Waals surface area contributed by atoms with Gasteiger partial charge in [0.05, 0.1) is 12.7 Å². The highest BCUT2D eigenvalue weighted by molar-refractivity contribution is 6.12. The maximum Gasteiger partial charge on any atom is 0.335 e. The Balaban J connectivity index is 2.03. The molecule has 0 fully saturated rings. The van der Waals surface area contributed by atoms with E-state index in [2.05, 4.69) is 45.0 Å². The molecule has 0 aromatic heterocycles. The molecule has 0 heterocycles. The van der Waals surface area contributed by atoms with Crippen LogP contribution in [0, 0.1) is 0 Å². The third-order valence-electron chi connectivity index (χ3n) is 6.15. The van der Waals surface area contributed by atoms with E-state index in [0.29, 0.717) is 11.5 Å². The summed E-state index contributed by atoms with van der Waals surface area (Å²) < 4.78 is 5.66. The van der Waals surface area contributed by atoms with E-state index in [1.165, 1.54) is 11.1 Å². The van der Waals surface area contributed by atoms with Crippen molar-refractivity contribution >= 4 is 17.8 Å². The van der Waals surface area contributed by atoms with E-state index in [1.54, 1.807) is 43.5 Å². The Labute approximate surface area is 177 Å². The van der Waals surface area contributed by atoms with Crippen LogP contribution in [-0.4, -0.2) is 29.1 Å². The van der Waals surface area contributed by atoms with Crippen molar-refractivity contribution in [3.8, 4) is 5.75 Å². The van der Waals surface area contributed by atoms with Gasteiger partial charge in [0, 0.05) is 5.56 Å². The Hall–Kier alpha value is -3.08. The van der Waals surface area contributed by atoms with E-state index in [0.717, 1.165) is 24.0 Å². The molecule has 2 N–H and O–H groups in total. The fourth-order valence-corrected chi connectivity index (χ4v) is 4.05. The smallest absolute Gasteiger partial charge is 0.335 e. The van der Waals surface area contributed by atoms with Crippen LogP contribution in [0.5, 0.6) is 5.75 Å². The van der Waals surface area contributed by atoms with Crippen LogP contribution in [0.15, 0.2) is 47.6 Å². The molecule has 3 rings (SSSR count). The molecule has 30 heavy (non-hydrogen) atoms. The lowest BCUT2D eigenvalue weighted by Gasteiger charge is -2.42. The first kappa shape index (κ1) is 21.6. The van der Waals surface area contributed by atoms with Crippen LogP contribution < -0.4 is 4.74 Å². The highest BCUT2D eigenvalue weighted by atomic mass is 16.5. The third kappa shape index (κ3) is 4.11. The monoisotopic (exact) mass is 407 g/mol. The average Bonchev–Trinajstić information content (AvgIpc) is 2.72. The first-order valence-corrected chi connectivity index (χ1v) is 10.1. The Bertz CT molecular complexity index is 1010. The fraction of sp³-hybridized carbons (Fsp3) is 0.360. The molecular weight excluding hydrogens is 378 g/mol. The van der Waals surface area contributed by atoms with E-state index in [4.69, 9.17) is 9.84 Å². The molecule has 0 saturated carbocycles. The zero-order valence-electron chi connectivity index (χ0n) is 18.2. The number of carboxylic acids is 1. The number of carbonyl (C=O) groups is 1. The van der Waals surface area contributed by atoms with Crippen molar-refractivity contribution < 1.29 is 19.8 Å². The first-order valence-electron chi connectivity index (χ1n) is 10.1.